The van der Waals surface area contributed by atoms with Gasteiger partial charge in [-0.2, -0.15) is 0 Å². The number of aliphatic carboxylic acids is 1. The van der Waals surface area contributed by atoms with Gasteiger partial charge in [-0.1, -0.05) is 19.9 Å². The number of carboxylic acid groups (broad SMARTS) is 1. The van der Waals surface area contributed by atoms with Crippen LogP contribution in [0.5, 0.6) is 5.88 Å². The lowest BCUT2D eigenvalue weighted by atomic mass is 10.1. The lowest BCUT2D eigenvalue weighted by molar-refractivity contribution is -0.140. The molecule has 7 heteroatoms. The summed E-state index contributed by atoms with van der Waals surface area (Å²) in [5.41, 5.74) is 0.789. The Hall–Kier alpha value is -2.31. The first-order valence-corrected chi connectivity index (χ1v) is 6.20. The van der Waals surface area contributed by atoms with Gasteiger partial charge in [-0.05, 0) is 11.5 Å². The van der Waals surface area contributed by atoms with Gasteiger partial charge in [-0.25, -0.2) is 14.6 Å². The van der Waals surface area contributed by atoms with Gasteiger partial charge in [0, 0.05) is 18.8 Å². The first-order chi connectivity index (χ1) is 9.43. The number of amides is 2. The summed E-state index contributed by atoms with van der Waals surface area (Å²) in [5.74, 6) is -0.758. The first-order valence-electron chi connectivity index (χ1n) is 6.20. The summed E-state index contributed by atoms with van der Waals surface area (Å²) in [6.45, 7) is 3.71. The fourth-order valence-electron chi connectivity index (χ4n) is 1.52. The fraction of sp³-hybridized carbons (Fsp3) is 0.462. The molecule has 0 radical (unpaired) electrons. The van der Waals surface area contributed by atoms with Gasteiger partial charge < -0.3 is 20.5 Å². The third-order valence-electron chi connectivity index (χ3n) is 2.68. The summed E-state index contributed by atoms with van der Waals surface area (Å²) in [4.78, 5) is 26.6. The summed E-state index contributed by atoms with van der Waals surface area (Å²) >= 11 is 0. The molecular weight excluding hydrogens is 262 g/mol. The van der Waals surface area contributed by atoms with Crippen LogP contribution in [0.3, 0.4) is 0 Å². The molecule has 7 nitrogen and oxygen atoms in total. The normalized spacial score (nSPS) is 11.8. The molecule has 0 bridgehead atoms. The SMILES string of the molecule is COc1ccc(CNC(=O)NC(C(=O)O)C(C)C)cn1. The second-order valence-electron chi connectivity index (χ2n) is 4.60. The molecule has 1 unspecified atom stereocenters. The standard InChI is InChI=1S/C13H19N3O4/c1-8(2)11(12(17)18)16-13(19)15-7-9-4-5-10(20-3)14-6-9/h4-6,8,11H,7H2,1-3H3,(H,17,18)(H2,15,16,19). The molecule has 20 heavy (non-hydrogen) atoms. The second-order valence-corrected chi connectivity index (χ2v) is 4.60. The zero-order valence-corrected chi connectivity index (χ0v) is 11.7. The summed E-state index contributed by atoms with van der Waals surface area (Å²) in [5, 5.41) is 14.0. The molecule has 2 amide bonds. The van der Waals surface area contributed by atoms with Crippen LogP contribution in [0.2, 0.25) is 0 Å². The van der Waals surface area contributed by atoms with Crippen LogP contribution in [0, 0.1) is 5.92 Å². The minimum atomic E-state index is -1.05. The van der Waals surface area contributed by atoms with Gasteiger partial charge in [0.05, 0.1) is 7.11 Å². The predicted octanol–water partition coefficient (Wildman–Crippen LogP) is 0.999. The number of ether oxygens (including phenoxy) is 1. The molecule has 1 aromatic heterocycles. The van der Waals surface area contributed by atoms with E-state index in [1.54, 1.807) is 32.2 Å². The average molecular weight is 281 g/mol. The van der Waals surface area contributed by atoms with Gasteiger partial charge in [-0.3, -0.25) is 0 Å². The van der Waals surface area contributed by atoms with Crippen LogP contribution in [0.4, 0.5) is 4.79 Å². The number of nitrogens with one attached hydrogen (secondary N) is 2. The number of aromatic nitrogens is 1. The van der Waals surface area contributed by atoms with Crippen molar-refractivity contribution < 1.29 is 19.4 Å². The van der Waals surface area contributed by atoms with Crippen molar-refractivity contribution in [1.82, 2.24) is 15.6 Å². The molecule has 3 N–H and O–H groups in total. The van der Waals surface area contributed by atoms with E-state index in [2.05, 4.69) is 15.6 Å². The maximum absolute atomic E-state index is 11.6. The average Bonchev–Trinajstić information content (AvgIpc) is 2.42. The van der Waals surface area contributed by atoms with Crippen molar-refractivity contribution in [2.45, 2.75) is 26.4 Å². The molecule has 0 aliphatic heterocycles. The van der Waals surface area contributed by atoms with Crippen molar-refractivity contribution in [2.24, 2.45) is 5.92 Å². The maximum Gasteiger partial charge on any atom is 0.326 e. The molecule has 1 aromatic rings. The summed E-state index contributed by atoms with van der Waals surface area (Å²) in [6, 6.07) is 2.01. The lowest BCUT2D eigenvalue weighted by Crippen LogP contribution is -2.48. The fourth-order valence-corrected chi connectivity index (χ4v) is 1.52. The van der Waals surface area contributed by atoms with E-state index < -0.39 is 18.0 Å². The number of carboxylic acids is 1. The monoisotopic (exact) mass is 281 g/mol. The van der Waals surface area contributed by atoms with Gasteiger partial charge in [0.15, 0.2) is 0 Å². The van der Waals surface area contributed by atoms with E-state index in [1.807, 2.05) is 0 Å². The number of pyridine rings is 1. The van der Waals surface area contributed by atoms with E-state index >= 15 is 0 Å². The van der Waals surface area contributed by atoms with Crippen LogP contribution < -0.4 is 15.4 Å². The Kier molecular flexibility index (Phi) is 5.76. The number of hydrogen-bond acceptors (Lipinski definition) is 4. The van der Waals surface area contributed by atoms with Gasteiger partial charge >= 0.3 is 12.0 Å². The van der Waals surface area contributed by atoms with Crippen LogP contribution in [-0.2, 0) is 11.3 Å². The van der Waals surface area contributed by atoms with Gasteiger partial charge in [0.2, 0.25) is 5.88 Å². The minimum Gasteiger partial charge on any atom is -0.481 e. The molecule has 110 valence electrons. The summed E-state index contributed by atoms with van der Waals surface area (Å²) in [6.07, 6.45) is 1.58. The Morgan fingerprint density at radius 3 is 2.55 bits per heavy atom. The number of hydrogen-bond donors (Lipinski definition) is 3. The quantitative estimate of drug-likeness (QED) is 0.722. The topological polar surface area (TPSA) is 101 Å². The van der Waals surface area contributed by atoms with Crippen molar-refractivity contribution in [3.63, 3.8) is 0 Å². The number of rotatable bonds is 6. The molecule has 1 rings (SSSR count). The number of urea groups is 1. The highest BCUT2D eigenvalue weighted by molar-refractivity contribution is 5.82. The molecule has 0 aromatic carbocycles. The van der Waals surface area contributed by atoms with E-state index in [-0.39, 0.29) is 12.5 Å². The summed E-state index contributed by atoms with van der Waals surface area (Å²) in [7, 11) is 1.52. The molecule has 0 spiro atoms. The molecule has 1 heterocycles. The van der Waals surface area contributed by atoms with Crippen LogP contribution in [-0.4, -0.2) is 35.2 Å². The third-order valence-corrected chi connectivity index (χ3v) is 2.68. The lowest BCUT2D eigenvalue weighted by Gasteiger charge is -2.18. The Morgan fingerprint density at radius 1 is 1.40 bits per heavy atom. The Balaban J connectivity index is 2.47. The van der Waals surface area contributed by atoms with E-state index in [9.17, 15) is 9.59 Å². The number of methoxy groups -OCH3 is 1. The largest absolute Gasteiger partial charge is 0.481 e. The highest BCUT2D eigenvalue weighted by Crippen LogP contribution is 2.06. The molecule has 0 fully saturated rings. The van der Waals surface area contributed by atoms with E-state index in [1.165, 1.54) is 7.11 Å². The zero-order valence-electron chi connectivity index (χ0n) is 11.7. The Labute approximate surface area is 117 Å². The molecule has 1 atom stereocenters. The maximum atomic E-state index is 11.6. The molecule has 0 aliphatic rings. The van der Waals surface area contributed by atoms with Crippen molar-refractivity contribution in [1.29, 1.82) is 0 Å². The highest BCUT2D eigenvalue weighted by Gasteiger charge is 2.23. The third kappa shape index (κ3) is 4.75. The van der Waals surface area contributed by atoms with Crippen molar-refractivity contribution in [2.75, 3.05) is 7.11 Å². The number of carbonyl (C=O) groups is 2. The predicted molar refractivity (Wildman–Crippen MR) is 72.4 cm³/mol. The first kappa shape index (κ1) is 15.7. The van der Waals surface area contributed by atoms with E-state index in [0.717, 1.165) is 5.56 Å². The summed E-state index contributed by atoms with van der Waals surface area (Å²) < 4.78 is 4.92. The molecule has 0 saturated heterocycles. The molecular formula is C13H19N3O4. The second kappa shape index (κ2) is 7.32. The minimum absolute atomic E-state index is 0.194. The highest BCUT2D eigenvalue weighted by atomic mass is 16.5. The van der Waals surface area contributed by atoms with Crippen molar-refractivity contribution >= 4 is 12.0 Å². The number of carbonyl (C=O) groups excluding carboxylic acids is 1. The van der Waals surface area contributed by atoms with Gasteiger partial charge in [-0.15, -0.1) is 0 Å². The van der Waals surface area contributed by atoms with Crippen molar-refractivity contribution in [3.8, 4) is 5.88 Å². The smallest absolute Gasteiger partial charge is 0.326 e. The van der Waals surface area contributed by atoms with E-state index in [0.29, 0.717) is 5.88 Å². The van der Waals surface area contributed by atoms with Crippen molar-refractivity contribution in [3.05, 3.63) is 23.9 Å². The van der Waals surface area contributed by atoms with Crippen LogP contribution >= 0.6 is 0 Å². The van der Waals surface area contributed by atoms with Gasteiger partial charge in [0.25, 0.3) is 0 Å². The van der Waals surface area contributed by atoms with Crippen LogP contribution in [0.25, 0.3) is 0 Å². The van der Waals surface area contributed by atoms with Crippen LogP contribution in [0.1, 0.15) is 19.4 Å². The van der Waals surface area contributed by atoms with Crippen LogP contribution in [0.15, 0.2) is 18.3 Å². The zero-order chi connectivity index (χ0) is 15.1. The molecule has 0 aliphatic carbocycles. The Morgan fingerprint density at radius 2 is 2.10 bits per heavy atom. The van der Waals surface area contributed by atoms with E-state index in [4.69, 9.17) is 9.84 Å². The molecule has 0 saturated carbocycles. The number of nitrogens with zero attached hydrogens (tertiary/aromatic N) is 1. The van der Waals surface area contributed by atoms with Gasteiger partial charge in [0.1, 0.15) is 6.04 Å². The Bertz CT molecular complexity index is 459.